The molecule has 0 spiro atoms. The Hall–Kier alpha value is -4.70. The van der Waals surface area contributed by atoms with Crippen molar-refractivity contribution in [2.75, 3.05) is 18.4 Å². The number of hydrogen-bond acceptors (Lipinski definition) is 5. The lowest BCUT2D eigenvalue weighted by molar-refractivity contribution is -0.116. The molecule has 4 aromatic rings. The highest BCUT2D eigenvalue weighted by molar-refractivity contribution is 6.31. The maximum Gasteiger partial charge on any atom is 0.335 e. The average Bonchev–Trinajstić information content (AvgIpc) is 3.36. The standard InChI is InChI=1S/C28H22ClFN4O5/c29-18-8-9-23-20(13-18)25-21(15-39-23)26(33-32-25)27(36)34(11-10-16-4-1-2-7-22(16)30)14-24(35)31-19-6-3-5-17(12-19)28(37)38/h1-9,12-13H,10-11,14-15H2,(H,31,35)(H,32,33)(H,37,38). The van der Waals surface area contributed by atoms with E-state index in [-0.39, 0.29) is 43.1 Å². The van der Waals surface area contributed by atoms with Gasteiger partial charge in [0.25, 0.3) is 5.91 Å². The number of nitrogens with one attached hydrogen (secondary N) is 2. The molecule has 0 radical (unpaired) electrons. The van der Waals surface area contributed by atoms with Crippen LogP contribution in [0.25, 0.3) is 11.3 Å². The Morgan fingerprint density at radius 1 is 1.10 bits per heavy atom. The number of rotatable bonds is 8. The first-order chi connectivity index (χ1) is 18.8. The number of carboxylic acid groups (broad SMARTS) is 1. The van der Waals surface area contributed by atoms with E-state index < -0.39 is 23.6 Å². The fourth-order valence-corrected chi connectivity index (χ4v) is 4.51. The summed E-state index contributed by atoms with van der Waals surface area (Å²) in [5.74, 6) is -2.05. The van der Waals surface area contributed by atoms with Gasteiger partial charge in [-0.1, -0.05) is 35.9 Å². The van der Waals surface area contributed by atoms with E-state index in [2.05, 4.69) is 15.5 Å². The Bertz CT molecular complexity index is 1590. The minimum absolute atomic E-state index is 0.00441. The number of fused-ring (bicyclic) bond motifs is 3. The molecule has 198 valence electrons. The van der Waals surface area contributed by atoms with Crippen LogP contribution in [0.1, 0.15) is 32.0 Å². The molecule has 0 saturated heterocycles. The van der Waals surface area contributed by atoms with Crippen LogP contribution in [0.2, 0.25) is 5.02 Å². The molecule has 5 rings (SSSR count). The lowest BCUT2D eigenvalue weighted by atomic mass is 10.0. The molecule has 1 aromatic heterocycles. The zero-order valence-electron chi connectivity index (χ0n) is 20.4. The SMILES string of the molecule is O=C(CN(CCc1ccccc1F)C(=O)c1[nH]nc2c1COc1ccc(Cl)cc1-2)Nc1cccc(C(=O)O)c1. The summed E-state index contributed by atoms with van der Waals surface area (Å²) in [5, 5.41) is 19.4. The van der Waals surface area contributed by atoms with Gasteiger partial charge >= 0.3 is 5.97 Å². The molecule has 2 heterocycles. The third kappa shape index (κ3) is 5.60. The number of H-pyrrole nitrogens is 1. The van der Waals surface area contributed by atoms with Gasteiger partial charge in [-0.25, -0.2) is 9.18 Å². The van der Waals surface area contributed by atoms with Gasteiger partial charge in [0.15, 0.2) is 0 Å². The fourth-order valence-electron chi connectivity index (χ4n) is 4.34. The van der Waals surface area contributed by atoms with E-state index in [0.717, 1.165) is 0 Å². The van der Waals surface area contributed by atoms with E-state index in [1.54, 1.807) is 42.5 Å². The van der Waals surface area contributed by atoms with Gasteiger partial charge in [-0.05, 0) is 54.4 Å². The van der Waals surface area contributed by atoms with Gasteiger partial charge in [-0.15, -0.1) is 0 Å². The first kappa shape index (κ1) is 25.9. The highest BCUT2D eigenvalue weighted by Gasteiger charge is 2.30. The molecular formula is C28H22ClFN4O5. The number of benzene rings is 3. The van der Waals surface area contributed by atoms with E-state index in [9.17, 15) is 23.9 Å². The summed E-state index contributed by atoms with van der Waals surface area (Å²) < 4.78 is 20.1. The van der Waals surface area contributed by atoms with Gasteiger partial charge in [0, 0.05) is 28.4 Å². The van der Waals surface area contributed by atoms with Crippen LogP contribution in [0.3, 0.4) is 0 Å². The highest BCUT2D eigenvalue weighted by Crippen LogP contribution is 2.39. The van der Waals surface area contributed by atoms with Crippen molar-refractivity contribution in [3.05, 3.63) is 100.0 Å². The minimum Gasteiger partial charge on any atom is -0.488 e. The number of anilines is 1. The summed E-state index contributed by atoms with van der Waals surface area (Å²) in [6.07, 6.45) is 0.158. The molecule has 0 unspecified atom stereocenters. The Morgan fingerprint density at radius 2 is 1.92 bits per heavy atom. The zero-order chi connectivity index (χ0) is 27.5. The van der Waals surface area contributed by atoms with E-state index in [0.29, 0.717) is 33.2 Å². The zero-order valence-corrected chi connectivity index (χ0v) is 21.2. The summed E-state index contributed by atoms with van der Waals surface area (Å²) >= 11 is 6.15. The first-order valence-corrected chi connectivity index (χ1v) is 12.3. The van der Waals surface area contributed by atoms with Crippen molar-refractivity contribution in [1.82, 2.24) is 15.1 Å². The second kappa shape index (κ2) is 11.0. The van der Waals surface area contributed by atoms with Crippen molar-refractivity contribution < 1.29 is 28.6 Å². The third-order valence-corrected chi connectivity index (χ3v) is 6.51. The molecule has 11 heteroatoms. The Labute approximate surface area is 227 Å². The number of aromatic carboxylic acids is 1. The average molecular weight is 549 g/mol. The smallest absolute Gasteiger partial charge is 0.335 e. The largest absolute Gasteiger partial charge is 0.488 e. The van der Waals surface area contributed by atoms with Gasteiger partial charge in [-0.3, -0.25) is 14.7 Å². The van der Waals surface area contributed by atoms with Gasteiger partial charge in [0.05, 0.1) is 5.56 Å². The van der Waals surface area contributed by atoms with Crippen LogP contribution in [0.5, 0.6) is 5.75 Å². The summed E-state index contributed by atoms with van der Waals surface area (Å²) in [5.41, 5.74) is 2.47. The Morgan fingerprint density at radius 3 is 2.72 bits per heavy atom. The fraction of sp³-hybridized carbons (Fsp3) is 0.143. The van der Waals surface area contributed by atoms with Crippen molar-refractivity contribution in [2.24, 2.45) is 0 Å². The van der Waals surface area contributed by atoms with Crippen molar-refractivity contribution in [1.29, 1.82) is 0 Å². The molecule has 1 aliphatic heterocycles. The number of carboxylic acids is 1. The van der Waals surface area contributed by atoms with E-state index in [1.807, 2.05) is 0 Å². The number of hydrogen-bond donors (Lipinski definition) is 3. The number of halogens is 2. The van der Waals surface area contributed by atoms with Crippen LogP contribution in [0.15, 0.2) is 66.7 Å². The summed E-state index contributed by atoms with van der Waals surface area (Å²) in [6, 6.07) is 17.1. The molecule has 9 nitrogen and oxygen atoms in total. The number of aromatic nitrogens is 2. The number of ether oxygens (including phenoxy) is 1. The second-order valence-electron chi connectivity index (χ2n) is 8.86. The predicted octanol–water partition coefficient (Wildman–Crippen LogP) is 4.78. The Balaban J connectivity index is 1.41. The number of aromatic amines is 1. The van der Waals surface area contributed by atoms with Crippen molar-refractivity contribution in [3.63, 3.8) is 0 Å². The van der Waals surface area contributed by atoms with Crippen LogP contribution in [-0.2, 0) is 17.8 Å². The summed E-state index contributed by atoms with van der Waals surface area (Å²) in [4.78, 5) is 39.2. The van der Waals surface area contributed by atoms with Gasteiger partial charge in [-0.2, -0.15) is 5.10 Å². The summed E-state index contributed by atoms with van der Waals surface area (Å²) in [7, 11) is 0. The number of carbonyl (C=O) groups excluding carboxylic acids is 2. The number of carbonyl (C=O) groups is 3. The molecule has 3 N–H and O–H groups in total. The monoisotopic (exact) mass is 548 g/mol. The van der Waals surface area contributed by atoms with E-state index >= 15 is 0 Å². The number of amides is 2. The first-order valence-electron chi connectivity index (χ1n) is 12.0. The molecule has 39 heavy (non-hydrogen) atoms. The van der Waals surface area contributed by atoms with Gasteiger partial charge in [0.1, 0.15) is 36.1 Å². The third-order valence-electron chi connectivity index (χ3n) is 6.27. The predicted molar refractivity (Wildman–Crippen MR) is 141 cm³/mol. The molecule has 0 aliphatic carbocycles. The molecule has 0 fully saturated rings. The quantitative estimate of drug-likeness (QED) is 0.291. The lowest BCUT2D eigenvalue weighted by Crippen LogP contribution is -2.40. The molecule has 0 atom stereocenters. The van der Waals surface area contributed by atoms with Gasteiger partial charge in [0.2, 0.25) is 5.91 Å². The van der Waals surface area contributed by atoms with Crippen LogP contribution >= 0.6 is 11.6 Å². The van der Waals surface area contributed by atoms with Crippen molar-refractivity contribution in [3.8, 4) is 17.0 Å². The van der Waals surface area contributed by atoms with Crippen molar-refractivity contribution >= 4 is 35.1 Å². The van der Waals surface area contributed by atoms with Crippen LogP contribution in [0, 0.1) is 5.82 Å². The molecule has 0 saturated carbocycles. The molecule has 1 aliphatic rings. The van der Waals surface area contributed by atoms with E-state index in [1.165, 1.54) is 29.2 Å². The van der Waals surface area contributed by atoms with Crippen LogP contribution in [-0.4, -0.2) is 51.1 Å². The molecular weight excluding hydrogens is 527 g/mol. The lowest BCUT2D eigenvalue weighted by Gasteiger charge is -2.23. The maximum atomic E-state index is 14.3. The summed E-state index contributed by atoms with van der Waals surface area (Å²) in [6.45, 7) is -0.266. The molecule has 2 amide bonds. The van der Waals surface area contributed by atoms with Crippen molar-refractivity contribution in [2.45, 2.75) is 13.0 Å². The Kier molecular flexibility index (Phi) is 7.29. The second-order valence-corrected chi connectivity index (χ2v) is 9.29. The normalized spacial score (nSPS) is 11.6. The van der Waals surface area contributed by atoms with Crippen LogP contribution < -0.4 is 10.1 Å². The minimum atomic E-state index is -1.14. The topological polar surface area (TPSA) is 125 Å². The maximum absolute atomic E-state index is 14.3. The highest BCUT2D eigenvalue weighted by atomic mass is 35.5. The van der Waals surface area contributed by atoms with Gasteiger partial charge < -0.3 is 20.1 Å². The molecule has 3 aromatic carbocycles. The number of nitrogens with zero attached hydrogens (tertiary/aromatic N) is 2. The molecule has 0 bridgehead atoms. The van der Waals surface area contributed by atoms with Crippen LogP contribution in [0.4, 0.5) is 10.1 Å². The van der Waals surface area contributed by atoms with E-state index in [4.69, 9.17) is 16.3 Å².